The number of likely N-dealkylation sites (tertiary alicyclic amines) is 1. The molecule has 2 unspecified atom stereocenters. The van der Waals surface area contributed by atoms with E-state index < -0.39 is 5.97 Å². The number of carbonyl (C=O) groups is 2. The number of hydrogen-bond acceptors (Lipinski definition) is 4. The summed E-state index contributed by atoms with van der Waals surface area (Å²) in [6, 6.07) is 0.504. The molecule has 21 heavy (non-hydrogen) atoms. The smallest absolute Gasteiger partial charge is 0.355 e. The zero-order valence-corrected chi connectivity index (χ0v) is 13.2. The Balaban J connectivity index is 1.82. The molecule has 2 atom stereocenters. The molecule has 1 aliphatic heterocycles. The van der Waals surface area contributed by atoms with E-state index in [1.54, 1.807) is 0 Å². The highest BCUT2D eigenvalue weighted by Gasteiger charge is 2.28. The number of aromatic carboxylic acids is 1. The van der Waals surface area contributed by atoms with E-state index in [0.29, 0.717) is 13.0 Å². The largest absolute Gasteiger partial charge is 0.476 e. The summed E-state index contributed by atoms with van der Waals surface area (Å²) in [4.78, 5) is 28.9. The number of carboxylic acid groups (broad SMARTS) is 1. The average Bonchev–Trinajstić information content (AvgIpc) is 2.87. The van der Waals surface area contributed by atoms with Crippen molar-refractivity contribution in [2.45, 2.75) is 51.6 Å². The van der Waals surface area contributed by atoms with Crippen molar-refractivity contribution in [3.05, 3.63) is 16.1 Å². The molecule has 0 radical (unpaired) electrons. The number of piperidine rings is 1. The lowest BCUT2D eigenvalue weighted by Crippen LogP contribution is -2.52. The van der Waals surface area contributed by atoms with E-state index in [1.807, 2.05) is 4.90 Å². The Labute approximate surface area is 128 Å². The molecule has 2 heterocycles. The molecule has 0 aromatic carbocycles. The molecule has 6 nitrogen and oxygen atoms in total. The Kier molecular flexibility index (Phi) is 5.17. The zero-order chi connectivity index (χ0) is 15.4. The number of carbonyl (C=O) groups excluding carboxylic acids is 1. The summed E-state index contributed by atoms with van der Waals surface area (Å²) in [5.74, 6) is -1.02. The van der Waals surface area contributed by atoms with Crippen LogP contribution >= 0.6 is 11.3 Å². The van der Waals surface area contributed by atoms with Gasteiger partial charge in [-0.3, -0.25) is 0 Å². The Morgan fingerprint density at radius 3 is 2.67 bits per heavy atom. The number of urea groups is 1. The fourth-order valence-electron chi connectivity index (χ4n) is 2.71. The van der Waals surface area contributed by atoms with Crippen LogP contribution in [0.4, 0.5) is 4.79 Å². The van der Waals surface area contributed by atoms with E-state index >= 15 is 0 Å². The first-order valence-corrected chi connectivity index (χ1v) is 8.11. The molecular weight excluding hydrogens is 290 g/mol. The molecule has 7 heteroatoms. The molecule has 0 spiro atoms. The Morgan fingerprint density at radius 2 is 2.10 bits per heavy atom. The van der Waals surface area contributed by atoms with Gasteiger partial charge in [-0.25, -0.2) is 14.6 Å². The first-order valence-electron chi connectivity index (χ1n) is 7.23. The predicted molar refractivity (Wildman–Crippen MR) is 80.8 cm³/mol. The van der Waals surface area contributed by atoms with Crippen molar-refractivity contribution < 1.29 is 14.7 Å². The maximum absolute atomic E-state index is 12.2. The number of nitrogens with zero attached hydrogens (tertiary/aromatic N) is 2. The first kappa shape index (κ1) is 15.8. The van der Waals surface area contributed by atoms with Crippen LogP contribution in [0.3, 0.4) is 0 Å². The molecule has 116 valence electrons. The summed E-state index contributed by atoms with van der Waals surface area (Å²) in [6.07, 6.45) is 3.82. The van der Waals surface area contributed by atoms with Gasteiger partial charge in [-0.15, -0.1) is 11.3 Å². The van der Waals surface area contributed by atoms with Gasteiger partial charge in [0.25, 0.3) is 0 Å². The van der Waals surface area contributed by atoms with E-state index in [1.165, 1.54) is 23.1 Å². The second kappa shape index (κ2) is 6.89. The van der Waals surface area contributed by atoms with Crippen molar-refractivity contribution in [3.63, 3.8) is 0 Å². The third kappa shape index (κ3) is 3.93. The number of hydrogen-bond donors (Lipinski definition) is 2. The molecule has 2 rings (SSSR count). The SMILES string of the molecule is CC1CCCC(C)N1C(=O)NCCc1nc(C(=O)O)cs1. The van der Waals surface area contributed by atoms with Crippen LogP contribution in [0.25, 0.3) is 0 Å². The first-order chi connectivity index (χ1) is 9.99. The molecule has 1 aromatic rings. The van der Waals surface area contributed by atoms with Crippen LogP contribution in [0.15, 0.2) is 5.38 Å². The number of nitrogens with one attached hydrogen (secondary N) is 1. The third-order valence-electron chi connectivity index (χ3n) is 3.81. The lowest BCUT2D eigenvalue weighted by molar-refractivity contribution is 0.0691. The Bertz CT molecular complexity index is 507. The van der Waals surface area contributed by atoms with E-state index in [0.717, 1.165) is 17.8 Å². The highest BCUT2D eigenvalue weighted by molar-refractivity contribution is 7.09. The van der Waals surface area contributed by atoms with E-state index in [-0.39, 0.29) is 23.8 Å². The number of thiazole rings is 1. The van der Waals surface area contributed by atoms with Crippen molar-refractivity contribution in [2.75, 3.05) is 6.54 Å². The van der Waals surface area contributed by atoms with E-state index in [4.69, 9.17) is 5.11 Å². The van der Waals surface area contributed by atoms with Gasteiger partial charge in [0.15, 0.2) is 5.69 Å². The molecule has 1 aromatic heterocycles. The summed E-state index contributed by atoms with van der Waals surface area (Å²) in [5.41, 5.74) is 0.0691. The summed E-state index contributed by atoms with van der Waals surface area (Å²) in [5, 5.41) is 14.0. The van der Waals surface area contributed by atoms with Gasteiger partial charge in [-0.2, -0.15) is 0 Å². The Morgan fingerprint density at radius 1 is 1.43 bits per heavy atom. The summed E-state index contributed by atoms with van der Waals surface area (Å²) >= 11 is 1.31. The maximum atomic E-state index is 12.2. The van der Waals surface area contributed by atoms with Crippen molar-refractivity contribution in [3.8, 4) is 0 Å². The molecule has 1 aliphatic rings. The van der Waals surface area contributed by atoms with Crippen molar-refractivity contribution in [2.24, 2.45) is 0 Å². The normalized spacial score (nSPS) is 22.1. The van der Waals surface area contributed by atoms with Crippen LogP contribution in [0.1, 0.15) is 48.6 Å². The quantitative estimate of drug-likeness (QED) is 0.894. The number of rotatable bonds is 4. The van der Waals surface area contributed by atoms with Gasteiger partial charge in [-0.1, -0.05) is 0 Å². The highest BCUT2D eigenvalue weighted by atomic mass is 32.1. The van der Waals surface area contributed by atoms with Crippen LogP contribution in [-0.4, -0.2) is 45.6 Å². The minimum Gasteiger partial charge on any atom is -0.476 e. The van der Waals surface area contributed by atoms with Crippen molar-refractivity contribution in [1.29, 1.82) is 0 Å². The second-order valence-corrected chi connectivity index (χ2v) is 6.39. The summed E-state index contributed by atoms with van der Waals surface area (Å²) < 4.78 is 0. The van der Waals surface area contributed by atoms with Crippen molar-refractivity contribution in [1.82, 2.24) is 15.2 Å². The zero-order valence-electron chi connectivity index (χ0n) is 12.3. The number of amides is 2. The minimum absolute atomic E-state index is 0.0373. The molecule has 2 amide bonds. The fourth-order valence-corrected chi connectivity index (χ4v) is 3.49. The Hall–Kier alpha value is -1.63. The van der Waals surface area contributed by atoms with Crippen LogP contribution in [0, 0.1) is 0 Å². The number of aromatic nitrogens is 1. The van der Waals surface area contributed by atoms with E-state index in [2.05, 4.69) is 24.1 Å². The molecule has 0 aliphatic carbocycles. The summed E-state index contributed by atoms with van der Waals surface area (Å²) in [6.45, 7) is 4.63. The van der Waals surface area contributed by atoms with E-state index in [9.17, 15) is 9.59 Å². The lowest BCUT2D eigenvalue weighted by atomic mass is 9.98. The molecular formula is C14H21N3O3S. The van der Waals surface area contributed by atoms with Crippen LogP contribution in [0.2, 0.25) is 0 Å². The molecule has 1 saturated heterocycles. The third-order valence-corrected chi connectivity index (χ3v) is 4.72. The maximum Gasteiger partial charge on any atom is 0.355 e. The standard InChI is InChI=1S/C14H21N3O3S/c1-9-4-3-5-10(2)17(9)14(20)15-7-6-12-16-11(8-21-12)13(18)19/h8-10H,3-7H2,1-2H3,(H,15,20)(H,18,19). The van der Waals surface area contributed by atoms with Gasteiger partial charge in [-0.05, 0) is 33.1 Å². The van der Waals surface area contributed by atoms with Gasteiger partial charge in [0.05, 0.1) is 5.01 Å². The van der Waals surface area contributed by atoms with Gasteiger partial charge in [0.1, 0.15) is 0 Å². The molecule has 0 saturated carbocycles. The second-order valence-electron chi connectivity index (χ2n) is 5.45. The highest BCUT2D eigenvalue weighted by Crippen LogP contribution is 2.22. The topological polar surface area (TPSA) is 82.5 Å². The fraction of sp³-hybridized carbons (Fsp3) is 0.643. The minimum atomic E-state index is -1.02. The summed E-state index contributed by atoms with van der Waals surface area (Å²) in [7, 11) is 0. The van der Waals surface area contributed by atoms with Gasteiger partial charge < -0.3 is 15.3 Å². The van der Waals surface area contributed by atoms with Crippen LogP contribution in [-0.2, 0) is 6.42 Å². The monoisotopic (exact) mass is 311 g/mol. The van der Waals surface area contributed by atoms with Gasteiger partial charge >= 0.3 is 12.0 Å². The molecule has 0 bridgehead atoms. The molecule has 1 fully saturated rings. The van der Waals surface area contributed by atoms with Crippen molar-refractivity contribution >= 4 is 23.3 Å². The van der Waals surface area contributed by atoms with Gasteiger partial charge in [0.2, 0.25) is 0 Å². The van der Waals surface area contributed by atoms with Gasteiger partial charge in [0, 0.05) is 30.4 Å². The number of carboxylic acids is 1. The predicted octanol–water partition coefficient (Wildman–Crippen LogP) is 2.36. The average molecular weight is 311 g/mol. The van der Waals surface area contributed by atoms with Crippen LogP contribution < -0.4 is 5.32 Å². The molecule has 2 N–H and O–H groups in total. The lowest BCUT2D eigenvalue weighted by Gasteiger charge is -2.38. The van der Waals surface area contributed by atoms with Crippen LogP contribution in [0.5, 0.6) is 0 Å².